The number of rotatable bonds is 12. The van der Waals surface area contributed by atoms with Gasteiger partial charge in [0, 0.05) is 52.5 Å². The van der Waals surface area contributed by atoms with Gasteiger partial charge in [-0.25, -0.2) is 21.6 Å². The quantitative estimate of drug-likeness (QED) is 0.310. The van der Waals surface area contributed by atoms with Gasteiger partial charge in [-0.2, -0.15) is 4.31 Å². The Hall–Kier alpha value is -3.20. The van der Waals surface area contributed by atoms with Gasteiger partial charge in [0.15, 0.2) is 0 Å². The van der Waals surface area contributed by atoms with Crippen LogP contribution in [0.2, 0.25) is 0 Å². The molecule has 2 aliphatic rings. The van der Waals surface area contributed by atoms with E-state index in [9.17, 15) is 26.4 Å². The molecule has 2 fully saturated rings. The Morgan fingerprint density at radius 3 is 2.11 bits per heavy atom. The molecule has 0 bridgehead atoms. The van der Waals surface area contributed by atoms with Gasteiger partial charge in [-0.05, 0) is 87.4 Å². The van der Waals surface area contributed by atoms with E-state index in [1.165, 1.54) is 43.3 Å². The van der Waals surface area contributed by atoms with Crippen molar-refractivity contribution in [1.29, 1.82) is 0 Å². The number of nitrogens with one attached hydrogen (secondary N) is 2. The lowest BCUT2D eigenvalue weighted by atomic mass is 9.72. The number of sulfonamides is 2. The van der Waals surface area contributed by atoms with Gasteiger partial charge in [0.25, 0.3) is 5.91 Å². The van der Waals surface area contributed by atoms with E-state index in [0.717, 1.165) is 34.9 Å². The molecule has 1 aliphatic heterocycles. The van der Waals surface area contributed by atoms with Gasteiger partial charge in [0.05, 0.1) is 22.4 Å². The third-order valence-corrected chi connectivity index (χ3v) is 12.0. The second-order valence-corrected chi connectivity index (χ2v) is 17.5. The molecule has 1 aliphatic carbocycles. The van der Waals surface area contributed by atoms with Gasteiger partial charge in [-0.3, -0.25) is 9.10 Å². The molecule has 0 unspecified atom stereocenters. The van der Waals surface area contributed by atoms with Crippen molar-refractivity contribution in [1.82, 2.24) is 14.5 Å². The molecular formula is C33H49N5O7S2. The summed E-state index contributed by atoms with van der Waals surface area (Å²) in [7, 11) is -4.30. The van der Waals surface area contributed by atoms with Crippen LogP contribution < -0.4 is 14.9 Å². The Morgan fingerprint density at radius 1 is 0.936 bits per heavy atom. The molecule has 0 aromatic heterocycles. The van der Waals surface area contributed by atoms with Crippen LogP contribution in [0.25, 0.3) is 0 Å². The number of benzene rings is 2. The first kappa shape index (κ1) is 36.6. The van der Waals surface area contributed by atoms with Crippen LogP contribution in [-0.4, -0.2) is 90.2 Å². The molecule has 0 radical (unpaired) electrons. The number of hydrogen-bond donors (Lipinski definition) is 2. The highest BCUT2D eigenvalue weighted by Gasteiger charge is 2.34. The third-order valence-electron chi connectivity index (χ3n) is 8.87. The number of hydrogen-bond acceptors (Lipinski definition) is 8. The topological polar surface area (TPSA) is 145 Å². The smallest absolute Gasteiger partial charge is 0.410 e. The minimum absolute atomic E-state index is 0.133. The number of nitrogens with zero attached hydrogens (tertiary/aromatic N) is 3. The summed E-state index contributed by atoms with van der Waals surface area (Å²) in [6.45, 7) is 7.64. The molecule has 47 heavy (non-hydrogen) atoms. The molecule has 1 saturated heterocycles. The van der Waals surface area contributed by atoms with Gasteiger partial charge < -0.3 is 20.3 Å². The molecule has 1 saturated carbocycles. The minimum Gasteiger partial charge on any atom is -0.444 e. The second kappa shape index (κ2) is 14.9. The monoisotopic (exact) mass is 691 g/mol. The first-order valence-corrected chi connectivity index (χ1v) is 19.4. The van der Waals surface area contributed by atoms with E-state index in [1.807, 2.05) is 0 Å². The van der Waals surface area contributed by atoms with Crippen LogP contribution in [0.15, 0.2) is 47.4 Å². The molecule has 12 nitrogen and oxygen atoms in total. The largest absolute Gasteiger partial charge is 0.444 e. The highest BCUT2D eigenvalue weighted by molar-refractivity contribution is 7.92. The fourth-order valence-electron chi connectivity index (χ4n) is 5.80. The maximum absolute atomic E-state index is 13.5. The molecule has 260 valence electrons. The van der Waals surface area contributed by atoms with Crippen LogP contribution in [-0.2, 0) is 31.3 Å². The molecule has 2 N–H and O–H groups in total. The van der Waals surface area contributed by atoms with E-state index >= 15 is 0 Å². The molecule has 1 heterocycles. The van der Waals surface area contributed by atoms with E-state index in [1.54, 1.807) is 62.5 Å². The highest BCUT2D eigenvalue weighted by Crippen LogP contribution is 2.39. The first-order valence-electron chi connectivity index (χ1n) is 16.1. The summed E-state index contributed by atoms with van der Waals surface area (Å²) in [6, 6.07) is 11.0. The van der Waals surface area contributed by atoms with Crippen molar-refractivity contribution in [3.63, 3.8) is 0 Å². The van der Waals surface area contributed by atoms with Gasteiger partial charge in [0.1, 0.15) is 5.60 Å². The number of carbonyl (C=O) groups is 2. The number of carbonyl (C=O) groups excluding carboxylic acids is 2. The third kappa shape index (κ3) is 9.68. The number of piperidine rings is 1. The van der Waals surface area contributed by atoms with Gasteiger partial charge in [0.2, 0.25) is 20.0 Å². The normalized spacial score (nSPS) is 16.7. The summed E-state index contributed by atoms with van der Waals surface area (Å²) >= 11 is 0. The van der Waals surface area contributed by atoms with Crippen molar-refractivity contribution in [2.75, 3.05) is 56.2 Å². The summed E-state index contributed by atoms with van der Waals surface area (Å²) in [5.41, 5.74) is 0.835. The van der Waals surface area contributed by atoms with Crippen molar-refractivity contribution in [3.05, 3.63) is 53.6 Å². The van der Waals surface area contributed by atoms with Crippen LogP contribution in [0.5, 0.6) is 0 Å². The maximum Gasteiger partial charge on any atom is 0.410 e. The van der Waals surface area contributed by atoms with E-state index < -0.39 is 37.6 Å². The lowest BCUT2D eigenvalue weighted by molar-refractivity contribution is 0.0300. The van der Waals surface area contributed by atoms with E-state index in [0.29, 0.717) is 44.3 Å². The van der Waals surface area contributed by atoms with Crippen molar-refractivity contribution in [3.8, 4) is 0 Å². The van der Waals surface area contributed by atoms with Gasteiger partial charge in [-0.15, -0.1) is 0 Å². The summed E-state index contributed by atoms with van der Waals surface area (Å²) < 4.78 is 59.4. The number of amides is 2. The molecule has 2 amide bonds. The van der Waals surface area contributed by atoms with Gasteiger partial charge in [-0.1, -0.05) is 25.3 Å². The Balaban J connectivity index is 1.41. The Bertz CT molecular complexity index is 1630. The fraction of sp³-hybridized carbons (Fsp3) is 0.576. The summed E-state index contributed by atoms with van der Waals surface area (Å²) in [6.07, 6.45) is 6.20. The average Bonchev–Trinajstić information content (AvgIpc) is 2.97. The Labute approximate surface area is 279 Å². The molecule has 2 aromatic carbocycles. The average molecular weight is 692 g/mol. The molecule has 0 spiro atoms. The summed E-state index contributed by atoms with van der Waals surface area (Å²) in [5.74, 6) is 0.811. The fourth-order valence-corrected chi connectivity index (χ4v) is 7.78. The highest BCUT2D eigenvalue weighted by atomic mass is 32.2. The molecular weight excluding hydrogens is 643 g/mol. The van der Waals surface area contributed by atoms with Crippen LogP contribution in [0.1, 0.15) is 68.8 Å². The number of ether oxygens (including phenoxy) is 1. The van der Waals surface area contributed by atoms with E-state index in [4.69, 9.17) is 4.74 Å². The van der Waals surface area contributed by atoms with Crippen molar-refractivity contribution in [2.45, 2.75) is 69.9 Å². The van der Waals surface area contributed by atoms with Crippen LogP contribution in [0.3, 0.4) is 0 Å². The van der Waals surface area contributed by atoms with Crippen molar-refractivity contribution in [2.24, 2.45) is 11.8 Å². The van der Waals surface area contributed by atoms with Crippen LogP contribution in [0.4, 0.5) is 16.2 Å². The lowest BCUT2D eigenvalue weighted by Gasteiger charge is -2.39. The molecule has 2 aromatic rings. The summed E-state index contributed by atoms with van der Waals surface area (Å²) in [5, 5.41) is 6.02. The Kier molecular flexibility index (Phi) is 11.6. The van der Waals surface area contributed by atoms with Crippen molar-refractivity contribution >= 4 is 43.4 Å². The molecule has 4 rings (SSSR count). The minimum atomic E-state index is -3.67. The predicted octanol–water partition coefficient (Wildman–Crippen LogP) is 4.49. The summed E-state index contributed by atoms with van der Waals surface area (Å²) in [4.78, 5) is 27.4. The lowest BCUT2D eigenvalue weighted by Crippen LogP contribution is -2.41. The molecule has 14 heteroatoms. The number of anilines is 2. The SMILES string of the molecule is CN(CCNCc1ccc(N(C)S(C)(=O)=O)c(C(=O)Nc2ccc(S(=O)(=O)N3CCC(C4CCC4)CC3)cc2)c1)C(=O)OC(C)(C)C. The zero-order chi connectivity index (χ0) is 34.6. The van der Waals surface area contributed by atoms with Gasteiger partial charge >= 0.3 is 6.09 Å². The van der Waals surface area contributed by atoms with E-state index in [2.05, 4.69) is 10.6 Å². The maximum atomic E-state index is 13.5. The number of likely N-dealkylation sites (N-methyl/N-ethyl adjacent to an activating group) is 1. The molecule has 0 atom stereocenters. The Morgan fingerprint density at radius 2 is 1.55 bits per heavy atom. The zero-order valence-corrected chi connectivity index (χ0v) is 29.9. The van der Waals surface area contributed by atoms with Crippen LogP contribution >= 0.6 is 0 Å². The standard InChI is InChI=1S/C33H49N5O7S2/c1-33(2,3)45-32(40)36(4)21-18-34-23-24-10-15-30(37(5)46(6,41)42)29(22-24)31(39)35-27-11-13-28(14-12-27)47(43,44)38-19-16-26(17-20-38)25-8-7-9-25/h10-15,22,25-26,34H,7-9,16-21,23H2,1-6H3,(H,35,39). The second-order valence-electron chi connectivity index (χ2n) is 13.6. The first-order chi connectivity index (χ1) is 22.0. The zero-order valence-electron chi connectivity index (χ0n) is 28.3. The van der Waals surface area contributed by atoms with E-state index in [-0.39, 0.29) is 16.1 Å². The predicted molar refractivity (Wildman–Crippen MR) is 183 cm³/mol. The van der Waals surface area contributed by atoms with Crippen molar-refractivity contribution < 1.29 is 31.2 Å². The van der Waals surface area contributed by atoms with Crippen LogP contribution in [0, 0.1) is 11.8 Å².